The molecule has 4 heteroatoms. The maximum absolute atomic E-state index is 13.7. The van der Waals surface area contributed by atoms with Crippen molar-refractivity contribution in [3.63, 3.8) is 0 Å². The molecule has 0 heterocycles. The predicted octanol–water partition coefficient (Wildman–Crippen LogP) is 5.09. The fourth-order valence-corrected chi connectivity index (χ4v) is 2.63. The Morgan fingerprint density at radius 3 is 2.37 bits per heavy atom. The average Bonchev–Trinajstić information content (AvgIpc) is 2.39. The molecule has 0 saturated heterocycles. The van der Waals surface area contributed by atoms with E-state index in [-0.39, 0.29) is 5.56 Å². The van der Waals surface area contributed by atoms with Crippen LogP contribution in [0, 0.1) is 24.4 Å². The van der Waals surface area contributed by atoms with Crippen molar-refractivity contribution in [3.05, 3.63) is 70.5 Å². The highest BCUT2D eigenvalue weighted by Crippen LogP contribution is 2.31. The third kappa shape index (κ3) is 3.00. The van der Waals surface area contributed by atoms with Crippen molar-refractivity contribution in [2.24, 2.45) is 0 Å². The van der Waals surface area contributed by atoms with E-state index >= 15 is 0 Å². The highest BCUT2D eigenvalue weighted by atomic mass is 79.9. The Kier molecular flexibility index (Phi) is 4.30. The summed E-state index contributed by atoms with van der Waals surface area (Å²) in [5, 5.41) is 0. The number of alkyl halides is 1. The first-order valence-corrected chi connectivity index (χ1v) is 6.74. The molecular formula is C15H12BrF3. The largest absolute Gasteiger partial charge is 0.204 e. The third-order valence-corrected chi connectivity index (χ3v) is 3.88. The molecule has 100 valence electrons. The molecule has 0 aromatic heterocycles. The molecule has 1 unspecified atom stereocenters. The van der Waals surface area contributed by atoms with Crippen LogP contribution in [0.15, 0.2) is 36.4 Å². The summed E-state index contributed by atoms with van der Waals surface area (Å²) in [6.07, 6.45) is 0.509. The van der Waals surface area contributed by atoms with Gasteiger partial charge in [0.25, 0.3) is 0 Å². The van der Waals surface area contributed by atoms with Gasteiger partial charge < -0.3 is 0 Å². The van der Waals surface area contributed by atoms with Crippen molar-refractivity contribution in [2.75, 3.05) is 0 Å². The van der Waals surface area contributed by atoms with E-state index in [1.54, 1.807) is 0 Å². The van der Waals surface area contributed by atoms with E-state index in [1.165, 1.54) is 6.07 Å². The Labute approximate surface area is 118 Å². The van der Waals surface area contributed by atoms with Crippen LogP contribution >= 0.6 is 15.9 Å². The lowest BCUT2D eigenvalue weighted by molar-refractivity contribution is 0.440. The van der Waals surface area contributed by atoms with E-state index in [4.69, 9.17) is 0 Å². The summed E-state index contributed by atoms with van der Waals surface area (Å²) in [5.74, 6) is -3.72. The van der Waals surface area contributed by atoms with Gasteiger partial charge in [-0.3, -0.25) is 0 Å². The van der Waals surface area contributed by atoms with E-state index in [0.717, 1.165) is 17.2 Å². The molecule has 0 amide bonds. The number of benzene rings is 2. The van der Waals surface area contributed by atoms with Crippen molar-refractivity contribution in [1.29, 1.82) is 0 Å². The molecule has 0 radical (unpaired) electrons. The van der Waals surface area contributed by atoms with E-state index in [2.05, 4.69) is 15.9 Å². The van der Waals surface area contributed by atoms with Gasteiger partial charge in [0.2, 0.25) is 0 Å². The summed E-state index contributed by atoms with van der Waals surface area (Å²) >= 11 is 3.34. The van der Waals surface area contributed by atoms with Crippen molar-refractivity contribution in [1.82, 2.24) is 0 Å². The van der Waals surface area contributed by atoms with Crippen molar-refractivity contribution in [3.8, 4) is 0 Å². The van der Waals surface area contributed by atoms with Crippen LogP contribution in [-0.4, -0.2) is 0 Å². The van der Waals surface area contributed by atoms with Gasteiger partial charge in [-0.1, -0.05) is 46.3 Å². The molecule has 2 aromatic rings. The number of hydrogen-bond donors (Lipinski definition) is 0. The highest BCUT2D eigenvalue weighted by molar-refractivity contribution is 9.09. The molecule has 0 saturated carbocycles. The van der Waals surface area contributed by atoms with Gasteiger partial charge in [-0.2, -0.15) is 0 Å². The summed E-state index contributed by atoms with van der Waals surface area (Å²) in [5.41, 5.74) is 2.24. The molecule has 0 spiro atoms. The fourth-order valence-electron chi connectivity index (χ4n) is 1.92. The molecule has 0 bridgehead atoms. The van der Waals surface area contributed by atoms with Crippen molar-refractivity contribution < 1.29 is 13.2 Å². The molecule has 2 rings (SSSR count). The number of aryl methyl sites for hydroxylation is 1. The van der Waals surface area contributed by atoms with Gasteiger partial charge in [0, 0.05) is 10.4 Å². The van der Waals surface area contributed by atoms with E-state index in [1.807, 2.05) is 31.2 Å². The van der Waals surface area contributed by atoms with Gasteiger partial charge in [0.05, 0.1) is 0 Å². The molecule has 19 heavy (non-hydrogen) atoms. The first-order chi connectivity index (χ1) is 9.00. The van der Waals surface area contributed by atoms with E-state index in [0.29, 0.717) is 6.42 Å². The second-order valence-electron chi connectivity index (χ2n) is 4.36. The Morgan fingerprint density at radius 1 is 1.00 bits per heavy atom. The van der Waals surface area contributed by atoms with Gasteiger partial charge in [0.1, 0.15) is 0 Å². The van der Waals surface area contributed by atoms with Gasteiger partial charge in [-0.25, -0.2) is 13.2 Å². The van der Waals surface area contributed by atoms with Crippen LogP contribution in [-0.2, 0) is 6.42 Å². The lowest BCUT2D eigenvalue weighted by atomic mass is 10.00. The van der Waals surface area contributed by atoms with Crippen molar-refractivity contribution >= 4 is 15.9 Å². The Balaban J connectivity index is 2.28. The van der Waals surface area contributed by atoms with E-state index in [9.17, 15) is 13.2 Å². The monoisotopic (exact) mass is 328 g/mol. The molecule has 0 aliphatic heterocycles. The van der Waals surface area contributed by atoms with Crippen LogP contribution in [0.3, 0.4) is 0 Å². The first kappa shape index (κ1) is 14.1. The van der Waals surface area contributed by atoms with Crippen molar-refractivity contribution in [2.45, 2.75) is 18.2 Å². The molecule has 0 nitrogen and oxygen atoms in total. The number of hydrogen-bond acceptors (Lipinski definition) is 0. The summed E-state index contributed by atoms with van der Waals surface area (Å²) in [6.45, 7) is 1.96. The topological polar surface area (TPSA) is 0 Å². The summed E-state index contributed by atoms with van der Waals surface area (Å²) < 4.78 is 39.8. The Bertz CT molecular complexity index is 596. The van der Waals surface area contributed by atoms with Crippen LogP contribution in [0.1, 0.15) is 21.5 Å². The van der Waals surface area contributed by atoms with Crippen LogP contribution in [0.4, 0.5) is 13.2 Å². The van der Waals surface area contributed by atoms with Gasteiger partial charge in [-0.15, -0.1) is 0 Å². The smallest absolute Gasteiger partial charge is 0.194 e. The van der Waals surface area contributed by atoms with Crippen LogP contribution in [0.5, 0.6) is 0 Å². The van der Waals surface area contributed by atoms with Crippen LogP contribution in [0.25, 0.3) is 0 Å². The zero-order valence-electron chi connectivity index (χ0n) is 10.3. The summed E-state index contributed by atoms with van der Waals surface area (Å²) in [6, 6.07) is 9.91. The van der Waals surface area contributed by atoms with Gasteiger partial charge in [0.15, 0.2) is 17.5 Å². The molecule has 1 atom stereocenters. The molecular weight excluding hydrogens is 317 g/mol. The fraction of sp³-hybridized carbons (Fsp3) is 0.200. The minimum atomic E-state index is -1.42. The summed E-state index contributed by atoms with van der Waals surface area (Å²) in [7, 11) is 0. The minimum Gasteiger partial charge on any atom is -0.204 e. The number of halogens is 4. The highest BCUT2D eigenvalue weighted by Gasteiger charge is 2.19. The lowest BCUT2D eigenvalue weighted by Crippen LogP contribution is -2.03. The van der Waals surface area contributed by atoms with Gasteiger partial charge >= 0.3 is 0 Å². The van der Waals surface area contributed by atoms with Gasteiger partial charge in [-0.05, 0) is 30.5 Å². The zero-order valence-corrected chi connectivity index (χ0v) is 11.8. The third-order valence-electron chi connectivity index (χ3n) is 3.06. The SMILES string of the molecule is Cc1ccccc1CC(Br)c1ccc(F)c(F)c1F. The first-order valence-electron chi connectivity index (χ1n) is 5.82. The maximum atomic E-state index is 13.7. The number of rotatable bonds is 3. The minimum absolute atomic E-state index is 0.127. The second kappa shape index (κ2) is 5.78. The van der Waals surface area contributed by atoms with Crippen LogP contribution in [0.2, 0.25) is 0 Å². The Morgan fingerprint density at radius 2 is 1.68 bits per heavy atom. The molecule has 0 aliphatic carbocycles. The van der Waals surface area contributed by atoms with Crippen LogP contribution < -0.4 is 0 Å². The molecule has 0 aliphatic rings. The summed E-state index contributed by atoms with van der Waals surface area (Å²) in [4.78, 5) is -0.399. The molecule has 2 aromatic carbocycles. The zero-order chi connectivity index (χ0) is 14.0. The Hall–Kier alpha value is -1.29. The normalized spacial score (nSPS) is 12.5. The standard InChI is InChI=1S/C15H12BrF3/c1-9-4-2-3-5-10(9)8-12(16)11-6-7-13(17)15(19)14(11)18/h2-7,12H,8H2,1H3. The quantitative estimate of drug-likeness (QED) is 0.543. The van der Waals surface area contributed by atoms with E-state index < -0.39 is 22.3 Å². The predicted molar refractivity (Wildman–Crippen MR) is 72.9 cm³/mol. The average molecular weight is 329 g/mol. The maximum Gasteiger partial charge on any atom is 0.194 e. The molecule has 0 fully saturated rings. The molecule has 0 N–H and O–H groups in total. The lowest BCUT2D eigenvalue weighted by Gasteiger charge is -2.13. The second-order valence-corrected chi connectivity index (χ2v) is 5.47.